The molecule has 1 aromatic carbocycles. The van der Waals surface area contributed by atoms with Crippen LogP contribution < -0.4 is 0 Å². The molecule has 2 aromatic rings. The predicted octanol–water partition coefficient (Wildman–Crippen LogP) is 3.51. The molecule has 3 heteroatoms. The fourth-order valence-corrected chi connectivity index (χ4v) is 2.95. The third-order valence-electron chi connectivity index (χ3n) is 3.82. The first-order chi connectivity index (χ1) is 9.26. The zero-order valence-electron chi connectivity index (χ0n) is 11.4. The van der Waals surface area contributed by atoms with Crippen LogP contribution in [-0.2, 0) is 17.7 Å². The van der Waals surface area contributed by atoms with Gasteiger partial charge >= 0.3 is 0 Å². The smallest absolute Gasteiger partial charge is 0.140 e. The molecule has 1 aliphatic heterocycles. The van der Waals surface area contributed by atoms with Gasteiger partial charge in [-0.15, -0.1) is 0 Å². The van der Waals surface area contributed by atoms with E-state index < -0.39 is 0 Å². The summed E-state index contributed by atoms with van der Waals surface area (Å²) in [6.45, 7) is 2.94. The molecule has 3 rings (SSSR count). The number of benzene rings is 1. The molecule has 0 bridgehead atoms. The highest BCUT2D eigenvalue weighted by atomic mass is 16.5. The summed E-state index contributed by atoms with van der Waals surface area (Å²) in [5, 5.41) is 9.51. The first-order valence-electron chi connectivity index (χ1n) is 6.66. The summed E-state index contributed by atoms with van der Waals surface area (Å²) >= 11 is 0. The molecule has 3 nitrogen and oxygen atoms in total. The normalized spacial score (nSPS) is 14.7. The molecular weight excluding hydrogens is 236 g/mol. The molecule has 1 aromatic heterocycles. The molecule has 0 aliphatic carbocycles. The largest absolute Gasteiger partial charge is 0.495 e. The molecule has 0 saturated carbocycles. The van der Waals surface area contributed by atoms with Crippen LogP contribution in [0.15, 0.2) is 36.2 Å². The Balaban J connectivity index is 2.22. The van der Waals surface area contributed by atoms with Crippen LogP contribution in [0.2, 0.25) is 0 Å². The van der Waals surface area contributed by atoms with Crippen LogP contribution in [-0.4, -0.2) is 17.4 Å². The van der Waals surface area contributed by atoms with Crippen molar-refractivity contribution in [2.45, 2.75) is 26.3 Å². The number of allylic oxidation sites excluding steroid dienone is 2. The van der Waals surface area contributed by atoms with Gasteiger partial charge in [0, 0.05) is 23.7 Å². The average molecular weight is 254 g/mol. The Morgan fingerprint density at radius 1 is 1.42 bits per heavy atom. The SMILES string of the molecule is CC=C(OC)C(=N)c1cn2c3c(cccc13)CCC2. The number of rotatable bonds is 3. The molecule has 0 atom stereocenters. The summed E-state index contributed by atoms with van der Waals surface area (Å²) in [7, 11) is 1.62. The second-order valence-electron chi connectivity index (χ2n) is 4.89. The Labute approximate surface area is 113 Å². The second kappa shape index (κ2) is 4.57. The monoisotopic (exact) mass is 254 g/mol. The third-order valence-corrected chi connectivity index (χ3v) is 3.82. The maximum absolute atomic E-state index is 8.34. The van der Waals surface area contributed by atoms with Crippen molar-refractivity contribution in [3.8, 4) is 0 Å². The minimum absolute atomic E-state index is 0.466. The average Bonchev–Trinajstić information content (AvgIpc) is 2.82. The third kappa shape index (κ3) is 1.77. The molecule has 0 amide bonds. The van der Waals surface area contributed by atoms with Crippen molar-refractivity contribution in [3.05, 3.63) is 47.4 Å². The lowest BCUT2D eigenvalue weighted by atomic mass is 10.0. The molecule has 19 heavy (non-hydrogen) atoms. The van der Waals surface area contributed by atoms with E-state index in [9.17, 15) is 0 Å². The lowest BCUT2D eigenvalue weighted by Gasteiger charge is -2.14. The molecule has 1 aliphatic rings. The van der Waals surface area contributed by atoms with E-state index in [1.165, 1.54) is 22.9 Å². The standard InChI is InChI=1S/C16H18N2O/c1-3-14(19-2)15(17)13-10-18-9-5-7-11-6-4-8-12(13)16(11)18/h3-4,6,8,10,17H,5,7,9H2,1-2H3. The van der Waals surface area contributed by atoms with Gasteiger partial charge in [0.1, 0.15) is 11.5 Å². The van der Waals surface area contributed by atoms with Crippen LogP contribution in [0.4, 0.5) is 0 Å². The summed E-state index contributed by atoms with van der Waals surface area (Å²) in [6, 6.07) is 6.39. The summed E-state index contributed by atoms with van der Waals surface area (Å²) in [6.07, 6.45) is 6.25. The van der Waals surface area contributed by atoms with Gasteiger partial charge < -0.3 is 9.30 Å². The number of methoxy groups -OCH3 is 1. The van der Waals surface area contributed by atoms with Crippen molar-refractivity contribution in [1.82, 2.24) is 4.57 Å². The number of ether oxygens (including phenoxy) is 1. The molecule has 0 radical (unpaired) electrons. The Morgan fingerprint density at radius 2 is 2.26 bits per heavy atom. The Bertz CT molecular complexity index is 679. The Kier molecular flexibility index (Phi) is 2.90. The molecule has 0 saturated heterocycles. The van der Waals surface area contributed by atoms with Crippen molar-refractivity contribution in [3.63, 3.8) is 0 Å². The number of para-hydroxylation sites is 1. The molecule has 1 N–H and O–H groups in total. The number of hydrogen-bond donors (Lipinski definition) is 1. The molecule has 0 fully saturated rings. The Morgan fingerprint density at radius 3 is 3.00 bits per heavy atom. The lowest BCUT2D eigenvalue weighted by Crippen LogP contribution is -2.06. The zero-order valence-corrected chi connectivity index (χ0v) is 11.4. The van der Waals surface area contributed by atoms with Gasteiger partial charge in [0.15, 0.2) is 0 Å². The van der Waals surface area contributed by atoms with Gasteiger partial charge in [-0.1, -0.05) is 18.2 Å². The lowest BCUT2D eigenvalue weighted by molar-refractivity contribution is 0.314. The van der Waals surface area contributed by atoms with E-state index in [4.69, 9.17) is 10.1 Å². The quantitative estimate of drug-likeness (QED) is 0.660. The zero-order chi connectivity index (χ0) is 13.4. The van der Waals surface area contributed by atoms with E-state index in [-0.39, 0.29) is 0 Å². The molecule has 0 unspecified atom stereocenters. The van der Waals surface area contributed by atoms with Crippen LogP contribution >= 0.6 is 0 Å². The molecule has 0 spiro atoms. The van der Waals surface area contributed by atoms with E-state index in [1.807, 2.05) is 13.0 Å². The van der Waals surface area contributed by atoms with Gasteiger partial charge in [-0.2, -0.15) is 0 Å². The van der Waals surface area contributed by atoms with Crippen LogP contribution in [0.3, 0.4) is 0 Å². The van der Waals surface area contributed by atoms with Crippen LogP contribution in [0.5, 0.6) is 0 Å². The summed E-state index contributed by atoms with van der Waals surface area (Å²) in [5.41, 5.74) is 4.11. The van der Waals surface area contributed by atoms with Crippen LogP contribution in [0, 0.1) is 5.41 Å². The summed E-state index contributed by atoms with van der Waals surface area (Å²) in [4.78, 5) is 0. The van der Waals surface area contributed by atoms with E-state index >= 15 is 0 Å². The molecular formula is C16H18N2O. The number of nitrogens with one attached hydrogen (secondary N) is 1. The summed E-state index contributed by atoms with van der Waals surface area (Å²) in [5.74, 6) is 0.628. The maximum Gasteiger partial charge on any atom is 0.140 e. The van der Waals surface area contributed by atoms with E-state index in [0.717, 1.165) is 18.5 Å². The Hall–Kier alpha value is -2.03. The van der Waals surface area contributed by atoms with Crippen LogP contribution in [0.25, 0.3) is 10.9 Å². The number of hydrogen-bond acceptors (Lipinski definition) is 2. The van der Waals surface area contributed by atoms with Crippen molar-refractivity contribution in [1.29, 1.82) is 5.41 Å². The van der Waals surface area contributed by atoms with Crippen molar-refractivity contribution < 1.29 is 4.74 Å². The number of aryl methyl sites for hydroxylation is 2. The molecule has 2 heterocycles. The minimum Gasteiger partial charge on any atom is -0.495 e. The van der Waals surface area contributed by atoms with E-state index in [0.29, 0.717) is 11.5 Å². The highest BCUT2D eigenvalue weighted by Crippen LogP contribution is 2.30. The van der Waals surface area contributed by atoms with Gasteiger partial charge in [-0.05, 0) is 31.4 Å². The van der Waals surface area contributed by atoms with E-state index in [2.05, 4.69) is 29.0 Å². The van der Waals surface area contributed by atoms with Gasteiger partial charge in [0.2, 0.25) is 0 Å². The number of nitrogens with zero attached hydrogens (tertiary/aromatic N) is 1. The minimum atomic E-state index is 0.466. The fourth-order valence-electron chi connectivity index (χ4n) is 2.95. The van der Waals surface area contributed by atoms with Crippen molar-refractivity contribution >= 4 is 16.6 Å². The fraction of sp³-hybridized carbons (Fsp3) is 0.312. The van der Waals surface area contributed by atoms with Gasteiger partial charge in [0.05, 0.1) is 12.6 Å². The summed E-state index contributed by atoms with van der Waals surface area (Å²) < 4.78 is 7.56. The first kappa shape index (κ1) is 12.0. The van der Waals surface area contributed by atoms with Gasteiger partial charge in [-0.25, -0.2) is 0 Å². The second-order valence-corrected chi connectivity index (χ2v) is 4.89. The maximum atomic E-state index is 8.34. The van der Waals surface area contributed by atoms with Crippen molar-refractivity contribution in [2.75, 3.05) is 7.11 Å². The molecule has 98 valence electrons. The van der Waals surface area contributed by atoms with Crippen LogP contribution in [0.1, 0.15) is 24.5 Å². The predicted molar refractivity (Wildman–Crippen MR) is 77.9 cm³/mol. The van der Waals surface area contributed by atoms with E-state index in [1.54, 1.807) is 7.11 Å². The highest BCUT2D eigenvalue weighted by molar-refractivity contribution is 6.17. The topological polar surface area (TPSA) is 38.0 Å². The van der Waals surface area contributed by atoms with Gasteiger partial charge in [-0.3, -0.25) is 5.41 Å². The van der Waals surface area contributed by atoms with Crippen molar-refractivity contribution in [2.24, 2.45) is 0 Å². The number of aromatic nitrogens is 1. The highest BCUT2D eigenvalue weighted by Gasteiger charge is 2.19. The first-order valence-corrected chi connectivity index (χ1v) is 6.66. The van der Waals surface area contributed by atoms with Gasteiger partial charge in [0.25, 0.3) is 0 Å².